The molecule has 0 aliphatic carbocycles. The minimum Gasteiger partial charge on any atom is -0.152 e. The first kappa shape index (κ1) is 11.1. The van der Waals surface area contributed by atoms with Gasteiger partial charge in [-0.15, -0.1) is 0 Å². The second-order valence-electron chi connectivity index (χ2n) is 2.94. The van der Waals surface area contributed by atoms with Gasteiger partial charge in [0.1, 0.15) is 0 Å². The minimum absolute atomic E-state index is 1.20. The van der Waals surface area contributed by atoms with Crippen molar-refractivity contribution in [1.29, 1.82) is 0 Å². The minimum atomic E-state index is 1.20. The molecule has 0 atom stereocenters. The van der Waals surface area contributed by atoms with Gasteiger partial charge in [0.05, 0.1) is 0 Å². The molecule has 0 saturated carbocycles. The van der Waals surface area contributed by atoms with E-state index >= 15 is 0 Å². The summed E-state index contributed by atoms with van der Waals surface area (Å²) in [5.41, 5.74) is 0. The molecule has 1 heteroatoms. The second kappa shape index (κ2) is 10.1. The molecule has 0 nitrogen and oxygen atoms in total. The third-order valence-corrected chi connectivity index (χ3v) is 2.04. The van der Waals surface area contributed by atoms with Crippen molar-refractivity contribution in [2.75, 3.05) is 0 Å². The van der Waals surface area contributed by atoms with Gasteiger partial charge in [0.25, 0.3) is 0 Å². The lowest BCUT2D eigenvalue weighted by Gasteiger charge is -1.96. The van der Waals surface area contributed by atoms with Crippen LogP contribution in [0.1, 0.15) is 51.9 Å². The van der Waals surface area contributed by atoms with Crippen LogP contribution in [-0.4, -0.2) is 0 Å². The van der Waals surface area contributed by atoms with Gasteiger partial charge in [0.2, 0.25) is 0 Å². The first-order valence-electron chi connectivity index (χ1n) is 4.71. The van der Waals surface area contributed by atoms with E-state index in [0.717, 1.165) is 0 Å². The van der Waals surface area contributed by atoms with Crippen LogP contribution in [0, 0.1) is 0 Å². The first-order valence-corrected chi connectivity index (χ1v) is 5.22. The van der Waals surface area contributed by atoms with Crippen LogP contribution in [0.15, 0.2) is 11.5 Å². The van der Waals surface area contributed by atoms with Crippen LogP contribution >= 0.6 is 12.6 Å². The number of unbranched alkanes of at least 4 members (excludes halogenated alkanes) is 6. The summed E-state index contributed by atoms with van der Waals surface area (Å²) in [6, 6.07) is 0. The zero-order valence-electron chi connectivity index (χ0n) is 7.55. The number of hydrogen-bond acceptors (Lipinski definition) is 1. The molecule has 0 radical (unpaired) electrons. The van der Waals surface area contributed by atoms with Gasteiger partial charge in [0, 0.05) is 0 Å². The first-order chi connectivity index (χ1) is 5.41. The van der Waals surface area contributed by atoms with E-state index in [-0.39, 0.29) is 0 Å². The molecule has 0 fully saturated rings. The molecule has 0 bridgehead atoms. The van der Waals surface area contributed by atoms with Crippen molar-refractivity contribution in [3.63, 3.8) is 0 Å². The normalized spacial score (nSPS) is 11.1. The largest absolute Gasteiger partial charge is 0.152 e. The Bertz CT molecular complexity index is 86.9. The van der Waals surface area contributed by atoms with Gasteiger partial charge in [-0.2, -0.15) is 12.6 Å². The van der Waals surface area contributed by atoms with Crippen LogP contribution < -0.4 is 0 Å². The summed E-state index contributed by atoms with van der Waals surface area (Å²) in [5.74, 6) is 0. The lowest BCUT2D eigenvalue weighted by atomic mass is 10.1. The summed E-state index contributed by atoms with van der Waals surface area (Å²) >= 11 is 4.00. The lowest BCUT2D eigenvalue weighted by Crippen LogP contribution is -1.77. The summed E-state index contributed by atoms with van der Waals surface area (Å²) in [7, 11) is 0. The van der Waals surface area contributed by atoms with E-state index < -0.39 is 0 Å². The Hall–Kier alpha value is 0.0900. The molecule has 0 aliphatic rings. The SMILES string of the molecule is CCCCCCCCC=CS. The topological polar surface area (TPSA) is 0 Å². The highest BCUT2D eigenvalue weighted by Crippen LogP contribution is 2.06. The molecule has 0 heterocycles. The third-order valence-electron chi connectivity index (χ3n) is 1.83. The molecule has 0 aromatic rings. The van der Waals surface area contributed by atoms with Crippen LogP contribution in [0.4, 0.5) is 0 Å². The van der Waals surface area contributed by atoms with E-state index in [1.54, 1.807) is 0 Å². The Morgan fingerprint density at radius 2 is 1.64 bits per heavy atom. The van der Waals surface area contributed by atoms with Gasteiger partial charge in [0.15, 0.2) is 0 Å². The van der Waals surface area contributed by atoms with Crippen LogP contribution in [-0.2, 0) is 0 Å². The number of rotatable bonds is 7. The van der Waals surface area contributed by atoms with Crippen molar-refractivity contribution >= 4 is 12.6 Å². The fourth-order valence-corrected chi connectivity index (χ4v) is 1.27. The van der Waals surface area contributed by atoms with Crippen LogP contribution in [0.3, 0.4) is 0 Å². The van der Waals surface area contributed by atoms with Gasteiger partial charge in [-0.1, -0.05) is 45.1 Å². The predicted molar refractivity (Wildman–Crippen MR) is 56.1 cm³/mol. The van der Waals surface area contributed by atoms with Crippen molar-refractivity contribution in [3.05, 3.63) is 11.5 Å². The third kappa shape index (κ3) is 10.1. The van der Waals surface area contributed by atoms with E-state index in [1.807, 2.05) is 5.41 Å². The molecule has 0 spiro atoms. The molecular weight excluding hydrogens is 152 g/mol. The number of thiol groups is 1. The highest BCUT2D eigenvalue weighted by atomic mass is 32.1. The summed E-state index contributed by atoms with van der Waals surface area (Å²) in [4.78, 5) is 0. The Morgan fingerprint density at radius 3 is 2.27 bits per heavy atom. The Labute approximate surface area is 76.5 Å². The molecule has 66 valence electrons. The lowest BCUT2D eigenvalue weighted by molar-refractivity contribution is 0.611. The molecule has 11 heavy (non-hydrogen) atoms. The second-order valence-corrected chi connectivity index (χ2v) is 3.24. The van der Waals surface area contributed by atoms with Crippen LogP contribution in [0.5, 0.6) is 0 Å². The van der Waals surface area contributed by atoms with E-state index in [0.29, 0.717) is 0 Å². The van der Waals surface area contributed by atoms with Crippen molar-refractivity contribution in [3.8, 4) is 0 Å². The fourth-order valence-electron chi connectivity index (χ4n) is 1.12. The Morgan fingerprint density at radius 1 is 1.00 bits per heavy atom. The van der Waals surface area contributed by atoms with E-state index in [4.69, 9.17) is 0 Å². The number of allylic oxidation sites excluding steroid dienone is 1. The van der Waals surface area contributed by atoms with Crippen molar-refractivity contribution in [2.24, 2.45) is 0 Å². The van der Waals surface area contributed by atoms with E-state index in [9.17, 15) is 0 Å². The molecule has 0 amide bonds. The average Bonchev–Trinajstić information content (AvgIpc) is 2.03. The molecule has 0 unspecified atom stereocenters. The highest BCUT2D eigenvalue weighted by molar-refractivity contribution is 7.83. The standard InChI is InChI=1S/C10H20S/c1-2-3-4-5-6-7-8-9-10-11/h9-11H,2-8H2,1H3. The van der Waals surface area contributed by atoms with Crippen molar-refractivity contribution in [1.82, 2.24) is 0 Å². The van der Waals surface area contributed by atoms with Crippen molar-refractivity contribution < 1.29 is 0 Å². The fraction of sp³-hybridized carbons (Fsp3) is 0.800. The molecule has 0 aromatic carbocycles. The maximum atomic E-state index is 4.00. The molecular formula is C10H20S. The van der Waals surface area contributed by atoms with Crippen LogP contribution in [0.2, 0.25) is 0 Å². The summed E-state index contributed by atoms with van der Waals surface area (Å²) < 4.78 is 0. The zero-order valence-corrected chi connectivity index (χ0v) is 8.45. The maximum absolute atomic E-state index is 4.00. The Kier molecular flexibility index (Phi) is 10.2. The maximum Gasteiger partial charge on any atom is -0.0343 e. The van der Waals surface area contributed by atoms with Gasteiger partial charge >= 0.3 is 0 Å². The van der Waals surface area contributed by atoms with Crippen molar-refractivity contribution in [2.45, 2.75) is 51.9 Å². The average molecular weight is 172 g/mol. The highest BCUT2D eigenvalue weighted by Gasteiger charge is 1.87. The molecule has 0 aromatic heterocycles. The van der Waals surface area contributed by atoms with Gasteiger partial charge < -0.3 is 0 Å². The smallest absolute Gasteiger partial charge is 0.0343 e. The molecule has 0 rings (SSSR count). The monoisotopic (exact) mass is 172 g/mol. The summed E-state index contributed by atoms with van der Waals surface area (Å²) in [6.45, 7) is 2.25. The molecule has 0 saturated heterocycles. The van der Waals surface area contributed by atoms with Gasteiger partial charge in [-0.05, 0) is 18.2 Å². The quantitative estimate of drug-likeness (QED) is 0.432. The summed E-state index contributed by atoms with van der Waals surface area (Å²) in [5, 5.41) is 1.84. The van der Waals surface area contributed by atoms with E-state index in [2.05, 4.69) is 25.6 Å². The Balaban J connectivity index is 2.79. The molecule has 0 aliphatic heterocycles. The van der Waals surface area contributed by atoms with Crippen LogP contribution in [0.25, 0.3) is 0 Å². The van der Waals surface area contributed by atoms with Gasteiger partial charge in [-0.25, -0.2) is 0 Å². The molecule has 0 N–H and O–H groups in total. The zero-order chi connectivity index (χ0) is 8.36. The van der Waals surface area contributed by atoms with E-state index in [1.165, 1.54) is 44.9 Å². The predicted octanol–water partition coefficient (Wildman–Crippen LogP) is 4.18. The van der Waals surface area contributed by atoms with Gasteiger partial charge in [-0.3, -0.25) is 0 Å². The summed E-state index contributed by atoms with van der Waals surface area (Å²) in [6.07, 6.45) is 11.6. The number of hydrogen-bond donors (Lipinski definition) is 1.